The molecule has 1 atom stereocenters. The number of anilines is 1. The van der Waals surface area contributed by atoms with Gasteiger partial charge in [-0.25, -0.2) is 8.42 Å². The van der Waals surface area contributed by atoms with E-state index < -0.39 is 28.5 Å². The quantitative estimate of drug-likeness (QED) is 0.316. The highest BCUT2D eigenvalue weighted by Crippen LogP contribution is 2.32. The number of amides is 2. The first-order valence-electron chi connectivity index (χ1n) is 12.8. The van der Waals surface area contributed by atoms with Crippen molar-refractivity contribution >= 4 is 39.1 Å². The fraction of sp³-hybridized carbons (Fsp3) is 0.310. The second-order valence-electron chi connectivity index (χ2n) is 8.83. The molecule has 1 unspecified atom stereocenters. The number of hydrogen-bond donors (Lipinski definition) is 1. The third-order valence-electron chi connectivity index (χ3n) is 6.27. The number of hydrogen-bond acceptors (Lipinski definition) is 6. The van der Waals surface area contributed by atoms with Gasteiger partial charge < -0.3 is 19.7 Å². The van der Waals surface area contributed by atoms with Gasteiger partial charge in [0.1, 0.15) is 12.6 Å². The van der Waals surface area contributed by atoms with Crippen LogP contribution in [0.3, 0.4) is 0 Å². The van der Waals surface area contributed by atoms with Crippen molar-refractivity contribution in [3.05, 3.63) is 83.4 Å². The van der Waals surface area contributed by atoms with E-state index in [1.54, 1.807) is 19.1 Å². The van der Waals surface area contributed by atoms with Gasteiger partial charge in [0.15, 0.2) is 11.5 Å². The lowest BCUT2D eigenvalue weighted by molar-refractivity contribution is -0.140. The number of carbonyl (C=O) groups excluding carboxylic acids is 2. The van der Waals surface area contributed by atoms with Crippen LogP contribution in [-0.2, 0) is 26.2 Å². The Balaban J connectivity index is 2.08. The Hall–Kier alpha value is -3.76. The summed E-state index contributed by atoms with van der Waals surface area (Å²) in [5, 5.41) is 3.19. The summed E-state index contributed by atoms with van der Waals surface area (Å²) in [7, 11) is -1.43. The van der Waals surface area contributed by atoms with Crippen LogP contribution >= 0.6 is 11.6 Å². The molecule has 9 nitrogen and oxygen atoms in total. The maximum absolute atomic E-state index is 14.0. The van der Waals surface area contributed by atoms with E-state index in [1.807, 2.05) is 37.3 Å². The van der Waals surface area contributed by atoms with Crippen molar-refractivity contribution in [2.75, 3.05) is 31.6 Å². The predicted molar refractivity (Wildman–Crippen MR) is 155 cm³/mol. The van der Waals surface area contributed by atoms with Gasteiger partial charge in [0.05, 0.1) is 24.8 Å². The largest absolute Gasteiger partial charge is 0.493 e. The summed E-state index contributed by atoms with van der Waals surface area (Å²) < 4.78 is 39.6. The van der Waals surface area contributed by atoms with E-state index in [1.165, 1.54) is 49.5 Å². The van der Waals surface area contributed by atoms with Crippen LogP contribution in [-0.4, -0.2) is 58.5 Å². The van der Waals surface area contributed by atoms with E-state index in [0.29, 0.717) is 23.7 Å². The number of ether oxygens (including phenoxy) is 2. The molecular weight excluding hydrogens is 554 g/mol. The number of nitrogens with zero attached hydrogens (tertiary/aromatic N) is 2. The van der Waals surface area contributed by atoms with E-state index >= 15 is 0 Å². The van der Waals surface area contributed by atoms with E-state index in [0.717, 1.165) is 9.87 Å². The Morgan fingerprint density at radius 1 is 0.925 bits per heavy atom. The molecule has 3 aromatic rings. The maximum atomic E-state index is 14.0. The molecule has 11 heteroatoms. The lowest BCUT2D eigenvalue weighted by Gasteiger charge is -2.33. The molecule has 0 spiro atoms. The van der Waals surface area contributed by atoms with Crippen molar-refractivity contribution in [2.45, 2.75) is 37.8 Å². The second kappa shape index (κ2) is 14.0. The highest BCUT2D eigenvalue weighted by atomic mass is 35.5. The zero-order valence-electron chi connectivity index (χ0n) is 23.0. The standard InChI is InChI=1S/C29H34ClN3O6S/c1-5-25(29(35)31-6-2)32(19-21-10-8-7-9-11-21)28(34)20-33(23-14-12-22(30)13-15-23)40(36,37)24-16-17-26(38-3)27(18-24)39-4/h7-18,25H,5-6,19-20H2,1-4H3,(H,31,35). The first-order chi connectivity index (χ1) is 19.2. The molecule has 3 rings (SSSR count). The lowest BCUT2D eigenvalue weighted by Crippen LogP contribution is -2.52. The van der Waals surface area contributed by atoms with E-state index in [9.17, 15) is 18.0 Å². The third kappa shape index (κ3) is 7.25. The minimum Gasteiger partial charge on any atom is -0.493 e. The molecule has 0 saturated carbocycles. The van der Waals surface area contributed by atoms with Crippen molar-refractivity contribution in [1.29, 1.82) is 0 Å². The monoisotopic (exact) mass is 587 g/mol. The number of sulfonamides is 1. The van der Waals surface area contributed by atoms with Crippen LogP contribution in [0.1, 0.15) is 25.8 Å². The Labute approximate surface area is 240 Å². The van der Waals surface area contributed by atoms with Crippen LogP contribution in [0.2, 0.25) is 5.02 Å². The summed E-state index contributed by atoms with van der Waals surface area (Å²) in [6.07, 6.45) is 0.341. The fourth-order valence-electron chi connectivity index (χ4n) is 4.23. The van der Waals surface area contributed by atoms with Gasteiger partial charge in [0.2, 0.25) is 11.8 Å². The summed E-state index contributed by atoms with van der Waals surface area (Å²) in [6.45, 7) is 3.57. The molecule has 0 radical (unpaired) electrons. The van der Waals surface area contributed by atoms with Crippen LogP contribution < -0.4 is 19.1 Å². The van der Waals surface area contributed by atoms with Gasteiger partial charge in [-0.15, -0.1) is 0 Å². The van der Waals surface area contributed by atoms with Crippen molar-refractivity contribution in [3.63, 3.8) is 0 Å². The smallest absolute Gasteiger partial charge is 0.264 e. The molecule has 3 aromatic carbocycles. The number of methoxy groups -OCH3 is 2. The van der Waals surface area contributed by atoms with Crippen molar-refractivity contribution < 1.29 is 27.5 Å². The summed E-state index contributed by atoms with van der Waals surface area (Å²) in [6, 6.07) is 18.8. The van der Waals surface area contributed by atoms with E-state index in [2.05, 4.69) is 5.32 Å². The zero-order valence-corrected chi connectivity index (χ0v) is 24.5. The van der Waals surface area contributed by atoms with Gasteiger partial charge in [-0.05, 0) is 55.3 Å². The molecule has 0 aliphatic carbocycles. The lowest BCUT2D eigenvalue weighted by atomic mass is 10.1. The third-order valence-corrected chi connectivity index (χ3v) is 8.29. The highest BCUT2D eigenvalue weighted by molar-refractivity contribution is 7.92. The fourth-order valence-corrected chi connectivity index (χ4v) is 5.79. The van der Waals surface area contributed by atoms with Crippen LogP contribution in [0.4, 0.5) is 5.69 Å². The second-order valence-corrected chi connectivity index (χ2v) is 11.1. The molecule has 0 aliphatic heterocycles. The first-order valence-corrected chi connectivity index (χ1v) is 14.6. The average Bonchev–Trinajstić information content (AvgIpc) is 2.96. The topological polar surface area (TPSA) is 105 Å². The molecule has 0 bridgehead atoms. The molecule has 214 valence electrons. The predicted octanol–water partition coefficient (Wildman–Crippen LogP) is 4.50. The molecule has 0 heterocycles. The Kier molecular flexibility index (Phi) is 10.8. The number of rotatable bonds is 13. The molecular formula is C29H34ClN3O6S. The van der Waals surface area contributed by atoms with E-state index in [-0.39, 0.29) is 28.8 Å². The number of benzene rings is 3. The first kappa shape index (κ1) is 30.8. The number of likely N-dealkylation sites (N-methyl/N-ethyl adjacent to an activating group) is 1. The Bertz CT molecular complexity index is 1400. The Morgan fingerprint density at radius 3 is 2.15 bits per heavy atom. The van der Waals surface area contributed by atoms with Gasteiger partial charge in [-0.1, -0.05) is 48.9 Å². The summed E-state index contributed by atoms with van der Waals surface area (Å²) in [5.41, 5.74) is 1.04. The van der Waals surface area contributed by atoms with Gasteiger partial charge in [-0.2, -0.15) is 0 Å². The molecule has 0 aliphatic rings. The molecule has 0 fully saturated rings. The van der Waals surface area contributed by atoms with Crippen LogP contribution in [0.5, 0.6) is 11.5 Å². The van der Waals surface area contributed by atoms with Crippen molar-refractivity contribution in [1.82, 2.24) is 10.2 Å². The molecule has 2 amide bonds. The van der Waals surface area contributed by atoms with Crippen LogP contribution in [0, 0.1) is 0 Å². The molecule has 40 heavy (non-hydrogen) atoms. The summed E-state index contributed by atoms with van der Waals surface area (Å²) in [4.78, 5) is 28.3. The molecule has 1 N–H and O–H groups in total. The summed E-state index contributed by atoms with van der Waals surface area (Å²) >= 11 is 6.07. The summed E-state index contributed by atoms with van der Waals surface area (Å²) in [5.74, 6) is -0.271. The van der Waals surface area contributed by atoms with Gasteiger partial charge in [-0.3, -0.25) is 13.9 Å². The van der Waals surface area contributed by atoms with E-state index in [4.69, 9.17) is 21.1 Å². The van der Waals surface area contributed by atoms with Crippen LogP contribution in [0.15, 0.2) is 77.7 Å². The minimum atomic E-state index is -4.28. The maximum Gasteiger partial charge on any atom is 0.264 e. The van der Waals surface area contributed by atoms with Crippen LogP contribution in [0.25, 0.3) is 0 Å². The van der Waals surface area contributed by atoms with Gasteiger partial charge >= 0.3 is 0 Å². The zero-order chi connectivity index (χ0) is 29.3. The van der Waals surface area contributed by atoms with Gasteiger partial charge in [0.25, 0.3) is 10.0 Å². The van der Waals surface area contributed by atoms with Gasteiger partial charge in [0, 0.05) is 24.2 Å². The minimum absolute atomic E-state index is 0.0988. The Morgan fingerprint density at radius 2 is 1.57 bits per heavy atom. The van der Waals surface area contributed by atoms with Crippen molar-refractivity contribution in [2.24, 2.45) is 0 Å². The highest BCUT2D eigenvalue weighted by Gasteiger charge is 2.34. The molecule has 0 aromatic heterocycles. The molecule has 0 saturated heterocycles. The normalized spacial score (nSPS) is 11.8. The van der Waals surface area contributed by atoms with Crippen molar-refractivity contribution in [3.8, 4) is 11.5 Å². The number of carbonyl (C=O) groups is 2. The SMILES string of the molecule is CCNC(=O)C(CC)N(Cc1ccccc1)C(=O)CN(c1ccc(Cl)cc1)S(=O)(=O)c1ccc(OC)c(OC)c1. The average molecular weight is 588 g/mol. The number of nitrogens with one attached hydrogen (secondary N) is 1. The number of halogens is 1.